The first-order valence-electron chi connectivity index (χ1n) is 6.76. The molecule has 4 heteroatoms. The van der Waals surface area contributed by atoms with E-state index in [-0.39, 0.29) is 0 Å². The van der Waals surface area contributed by atoms with Crippen LogP contribution in [0, 0.1) is 0 Å². The van der Waals surface area contributed by atoms with E-state index in [2.05, 4.69) is 59.2 Å². The first kappa shape index (κ1) is 12.2. The molecule has 0 amide bonds. The molecule has 2 aromatic rings. The van der Waals surface area contributed by atoms with Gasteiger partial charge in [0.2, 0.25) is 5.95 Å². The van der Waals surface area contributed by atoms with Crippen molar-refractivity contribution in [3.63, 3.8) is 0 Å². The monoisotopic (exact) mass is 256 g/mol. The molecule has 1 N–H and O–H groups in total. The molecule has 0 atom stereocenters. The van der Waals surface area contributed by atoms with Crippen LogP contribution >= 0.6 is 0 Å². The highest BCUT2D eigenvalue weighted by molar-refractivity contribution is 5.38. The van der Waals surface area contributed by atoms with Gasteiger partial charge in [0, 0.05) is 39.3 Å². The molecule has 0 aliphatic carbocycles. The fraction of sp³-hybridized carbons (Fsp3) is 0.400. The molecule has 0 saturated heterocycles. The number of nitrogens with zero attached hydrogens (tertiary/aromatic N) is 3. The molecule has 3 rings (SSSR count). The van der Waals surface area contributed by atoms with Crippen molar-refractivity contribution in [2.75, 3.05) is 25.5 Å². The van der Waals surface area contributed by atoms with Crippen LogP contribution in [0.2, 0.25) is 0 Å². The summed E-state index contributed by atoms with van der Waals surface area (Å²) >= 11 is 0. The van der Waals surface area contributed by atoms with Gasteiger partial charge < -0.3 is 14.8 Å². The Morgan fingerprint density at radius 2 is 2.05 bits per heavy atom. The molecular weight excluding hydrogens is 236 g/mol. The maximum atomic E-state index is 4.77. The summed E-state index contributed by atoms with van der Waals surface area (Å²) in [4.78, 5) is 6.87. The second-order valence-electron chi connectivity index (χ2n) is 5.20. The van der Waals surface area contributed by atoms with Crippen molar-refractivity contribution >= 4 is 5.95 Å². The largest absolute Gasteiger partial charge is 0.348 e. The van der Waals surface area contributed by atoms with Gasteiger partial charge in [-0.3, -0.25) is 0 Å². The summed E-state index contributed by atoms with van der Waals surface area (Å²) in [5.41, 5.74) is 3.90. The molecule has 0 radical (unpaired) electrons. The molecule has 0 unspecified atom stereocenters. The number of imidazole rings is 1. The quantitative estimate of drug-likeness (QED) is 0.906. The number of aromatic nitrogens is 2. The maximum Gasteiger partial charge on any atom is 0.205 e. The zero-order valence-corrected chi connectivity index (χ0v) is 11.6. The highest BCUT2D eigenvalue weighted by Crippen LogP contribution is 2.22. The SMILES string of the molecule is CN(C)c1nc2c(n1Cc1ccccc1)CCNC2. The highest BCUT2D eigenvalue weighted by Gasteiger charge is 2.20. The standard InChI is InChI=1S/C15H20N4/c1-18(2)15-17-13-10-16-9-8-14(13)19(15)11-12-6-4-3-5-7-12/h3-7,16H,8-11H2,1-2H3. The molecule has 100 valence electrons. The van der Waals surface area contributed by atoms with Gasteiger partial charge in [-0.25, -0.2) is 4.98 Å². The molecule has 1 aromatic heterocycles. The van der Waals surface area contributed by atoms with Crippen molar-refractivity contribution in [3.05, 3.63) is 47.3 Å². The molecule has 1 aliphatic rings. The molecule has 0 fully saturated rings. The molecular formula is C15H20N4. The molecule has 1 aliphatic heterocycles. The minimum Gasteiger partial charge on any atom is -0.348 e. The third-order valence-electron chi connectivity index (χ3n) is 3.55. The third-order valence-corrected chi connectivity index (χ3v) is 3.55. The molecule has 0 spiro atoms. The van der Waals surface area contributed by atoms with Crippen LogP contribution in [0.4, 0.5) is 5.95 Å². The van der Waals surface area contributed by atoms with E-state index in [4.69, 9.17) is 4.98 Å². The van der Waals surface area contributed by atoms with Crippen LogP contribution in [0.1, 0.15) is 17.0 Å². The summed E-state index contributed by atoms with van der Waals surface area (Å²) in [7, 11) is 4.12. The van der Waals surface area contributed by atoms with Gasteiger partial charge in [-0.1, -0.05) is 30.3 Å². The van der Waals surface area contributed by atoms with Gasteiger partial charge >= 0.3 is 0 Å². The van der Waals surface area contributed by atoms with Crippen LogP contribution in [0.25, 0.3) is 0 Å². The Balaban J connectivity index is 2.01. The van der Waals surface area contributed by atoms with E-state index in [1.54, 1.807) is 0 Å². The van der Waals surface area contributed by atoms with Crippen molar-refractivity contribution in [2.24, 2.45) is 0 Å². The van der Waals surface area contributed by atoms with Crippen LogP contribution in [-0.2, 0) is 19.5 Å². The predicted molar refractivity (Wildman–Crippen MR) is 77.5 cm³/mol. The van der Waals surface area contributed by atoms with Crippen LogP contribution in [-0.4, -0.2) is 30.2 Å². The highest BCUT2D eigenvalue weighted by atomic mass is 15.3. The fourth-order valence-electron chi connectivity index (χ4n) is 2.63. The van der Waals surface area contributed by atoms with E-state index in [0.29, 0.717) is 0 Å². The summed E-state index contributed by atoms with van der Waals surface area (Å²) in [6.07, 6.45) is 1.06. The van der Waals surface area contributed by atoms with Gasteiger partial charge in [0.25, 0.3) is 0 Å². The Morgan fingerprint density at radius 3 is 2.79 bits per heavy atom. The van der Waals surface area contributed by atoms with E-state index in [9.17, 15) is 0 Å². The lowest BCUT2D eigenvalue weighted by Crippen LogP contribution is -2.25. The number of rotatable bonds is 3. The van der Waals surface area contributed by atoms with E-state index >= 15 is 0 Å². The molecule has 19 heavy (non-hydrogen) atoms. The Labute approximate surface area is 114 Å². The Kier molecular flexibility index (Phi) is 3.25. The predicted octanol–water partition coefficient (Wildman–Crippen LogP) is 1.64. The average molecular weight is 256 g/mol. The summed E-state index contributed by atoms with van der Waals surface area (Å²) < 4.78 is 2.35. The lowest BCUT2D eigenvalue weighted by atomic mass is 10.1. The number of anilines is 1. The number of fused-ring (bicyclic) bond motifs is 1. The molecule has 0 saturated carbocycles. The molecule has 1 aromatic carbocycles. The average Bonchev–Trinajstić information content (AvgIpc) is 2.79. The second kappa shape index (κ2) is 5.05. The van der Waals surface area contributed by atoms with Crippen molar-refractivity contribution < 1.29 is 0 Å². The van der Waals surface area contributed by atoms with Crippen molar-refractivity contribution in [3.8, 4) is 0 Å². The van der Waals surface area contributed by atoms with Gasteiger partial charge in [0.1, 0.15) is 0 Å². The zero-order valence-electron chi connectivity index (χ0n) is 11.6. The van der Waals surface area contributed by atoms with Crippen LogP contribution in [0.15, 0.2) is 30.3 Å². The van der Waals surface area contributed by atoms with Gasteiger partial charge in [-0.2, -0.15) is 0 Å². The first-order valence-corrected chi connectivity index (χ1v) is 6.76. The van der Waals surface area contributed by atoms with Crippen LogP contribution in [0.3, 0.4) is 0 Å². The smallest absolute Gasteiger partial charge is 0.205 e. The minimum atomic E-state index is 0.887. The van der Waals surface area contributed by atoms with Crippen molar-refractivity contribution in [2.45, 2.75) is 19.5 Å². The summed E-state index contributed by atoms with van der Waals surface area (Å²) in [6.45, 7) is 2.83. The summed E-state index contributed by atoms with van der Waals surface area (Å²) in [5.74, 6) is 1.05. The van der Waals surface area contributed by atoms with E-state index < -0.39 is 0 Å². The van der Waals surface area contributed by atoms with E-state index in [1.165, 1.54) is 17.0 Å². The minimum absolute atomic E-state index is 0.887. The second-order valence-corrected chi connectivity index (χ2v) is 5.20. The van der Waals surface area contributed by atoms with Crippen molar-refractivity contribution in [1.82, 2.24) is 14.9 Å². The van der Waals surface area contributed by atoms with Gasteiger partial charge in [0.05, 0.1) is 12.2 Å². The Hall–Kier alpha value is -1.81. The maximum absolute atomic E-state index is 4.77. The first-order chi connectivity index (χ1) is 9.25. The molecule has 0 bridgehead atoms. The van der Waals surface area contributed by atoms with Gasteiger partial charge in [-0.05, 0) is 5.56 Å². The lowest BCUT2D eigenvalue weighted by molar-refractivity contribution is 0.602. The van der Waals surface area contributed by atoms with Crippen molar-refractivity contribution in [1.29, 1.82) is 0 Å². The number of benzene rings is 1. The van der Waals surface area contributed by atoms with Crippen LogP contribution < -0.4 is 10.2 Å². The number of hydrogen-bond acceptors (Lipinski definition) is 3. The van der Waals surface area contributed by atoms with Gasteiger partial charge in [-0.15, -0.1) is 0 Å². The molecule has 2 heterocycles. The summed E-state index contributed by atoms with van der Waals surface area (Å²) in [6, 6.07) is 10.6. The normalized spacial score (nSPS) is 14.2. The van der Waals surface area contributed by atoms with E-state index in [1.807, 2.05) is 0 Å². The fourth-order valence-corrected chi connectivity index (χ4v) is 2.63. The van der Waals surface area contributed by atoms with Gasteiger partial charge in [0.15, 0.2) is 0 Å². The van der Waals surface area contributed by atoms with E-state index in [0.717, 1.165) is 32.0 Å². The van der Waals surface area contributed by atoms with Crippen LogP contribution in [0.5, 0.6) is 0 Å². The zero-order chi connectivity index (χ0) is 13.2. The lowest BCUT2D eigenvalue weighted by Gasteiger charge is -2.18. The Bertz CT molecular complexity index is 557. The molecule has 4 nitrogen and oxygen atoms in total. The third kappa shape index (κ3) is 2.36. The number of hydrogen-bond donors (Lipinski definition) is 1. The summed E-state index contributed by atoms with van der Waals surface area (Å²) in [5, 5.41) is 3.39. The Morgan fingerprint density at radius 1 is 1.26 bits per heavy atom. The topological polar surface area (TPSA) is 33.1 Å². The number of nitrogens with one attached hydrogen (secondary N) is 1.